The molecular formula is C13H10FN3O2S. The van der Waals surface area contributed by atoms with Crippen LogP contribution in [-0.4, -0.2) is 8.42 Å². The lowest BCUT2D eigenvalue weighted by Crippen LogP contribution is -2.15. The predicted octanol–water partition coefficient (Wildman–Crippen LogP) is 2.08. The van der Waals surface area contributed by atoms with Crippen LogP contribution in [0.1, 0.15) is 5.56 Å². The SMILES string of the molecule is N#Cc1ccccc1S(=O)(=O)Nc1cc(N)ccc1F. The van der Waals surface area contributed by atoms with Gasteiger partial charge >= 0.3 is 0 Å². The summed E-state index contributed by atoms with van der Waals surface area (Å²) >= 11 is 0. The number of benzene rings is 2. The Labute approximate surface area is 115 Å². The molecule has 0 saturated heterocycles. The molecule has 0 unspecified atom stereocenters. The predicted molar refractivity (Wildman–Crippen MR) is 72.8 cm³/mol. The van der Waals surface area contributed by atoms with E-state index < -0.39 is 15.8 Å². The minimum absolute atomic E-state index is 0.0238. The average molecular weight is 291 g/mol. The summed E-state index contributed by atoms with van der Waals surface area (Å²) in [6.45, 7) is 0. The number of nitrogens with zero attached hydrogens (tertiary/aromatic N) is 1. The number of hydrogen-bond donors (Lipinski definition) is 2. The van der Waals surface area contributed by atoms with Gasteiger partial charge in [-0.25, -0.2) is 12.8 Å². The van der Waals surface area contributed by atoms with Gasteiger partial charge in [0.15, 0.2) is 0 Å². The van der Waals surface area contributed by atoms with Gasteiger partial charge in [0.25, 0.3) is 10.0 Å². The Balaban J connectivity index is 2.47. The number of sulfonamides is 1. The summed E-state index contributed by atoms with van der Waals surface area (Å²) in [5.74, 6) is -0.753. The second-order valence-corrected chi connectivity index (χ2v) is 5.60. The Bertz CT molecular complexity index is 798. The van der Waals surface area contributed by atoms with Gasteiger partial charge in [-0.15, -0.1) is 0 Å². The van der Waals surface area contributed by atoms with Crippen molar-refractivity contribution in [3.63, 3.8) is 0 Å². The van der Waals surface area contributed by atoms with Crippen molar-refractivity contribution in [1.82, 2.24) is 0 Å². The first-order valence-corrected chi connectivity index (χ1v) is 6.99. The Kier molecular flexibility index (Phi) is 3.59. The molecule has 0 amide bonds. The molecule has 102 valence electrons. The van der Waals surface area contributed by atoms with Crippen molar-refractivity contribution in [3.8, 4) is 6.07 Å². The summed E-state index contributed by atoms with van der Waals surface area (Å²) in [5.41, 5.74) is 5.42. The molecule has 3 N–H and O–H groups in total. The highest BCUT2D eigenvalue weighted by atomic mass is 32.2. The smallest absolute Gasteiger partial charge is 0.263 e. The maximum absolute atomic E-state index is 13.6. The second-order valence-electron chi connectivity index (χ2n) is 3.95. The summed E-state index contributed by atoms with van der Waals surface area (Å²) < 4.78 is 40.0. The van der Waals surface area contributed by atoms with Crippen LogP contribution in [0.25, 0.3) is 0 Å². The Hall–Kier alpha value is -2.59. The Morgan fingerprint density at radius 3 is 2.60 bits per heavy atom. The highest BCUT2D eigenvalue weighted by Crippen LogP contribution is 2.23. The number of nitrogens with two attached hydrogens (primary N) is 1. The first-order valence-electron chi connectivity index (χ1n) is 5.51. The fourth-order valence-electron chi connectivity index (χ4n) is 1.61. The van der Waals surface area contributed by atoms with Crippen LogP contribution in [-0.2, 0) is 10.0 Å². The van der Waals surface area contributed by atoms with Crippen molar-refractivity contribution in [1.29, 1.82) is 5.26 Å². The maximum atomic E-state index is 13.6. The minimum atomic E-state index is -4.06. The summed E-state index contributed by atoms with van der Waals surface area (Å²) in [4.78, 5) is -0.218. The van der Waals surface area contributed by atoms with Gasteiger partial charge in [0, 0.05) is 5.69 Å². The number of halogens is 1. The van der Waals surface area contributed by atoms with Gasteiger partial charge < -0.3 is 5.73 Å². The van der Waals surface area contributed by atoms with Crippen LogP contribution < -0.4 is 10.5 Å². The number of rotatable bonds is 3. The maximum Gasteiger partial charge on any atom is 0.263 e. The number of nitrogens with one attached hydrogen (secondary N) is 1. The van der Waals surface area contributed by atoms with Crippen molar-refractivity contribution < 1.29 is 12.8 Å². The van der Waals surface area contributed by atoms with E-state index in [0.29, 0.717) is 0 Å². The van der Waals surface area contributed by atoms with E-state index in [1.54, 1.807) is 12.1 Å². The highest BCUT2D eigenvalue weighted by Gasteiger charge is 2.19. The summed E-state index contributed by atoms with van der Waals surface area (Å²) in [7, 11) is -4.06. The lowest BCUT2D eigenvalue weighted by molar-refractivity contribution is 0.598. The van der Waals surface area contributed by atoms with Crippen LogP contribution in [0.3, 0.4) is 0 Å². The van der Waals surface area contributed by atoms with Gasteiger partial charge in [0.1, 0.15) is 16.8 Å². The van der Waals surface area contributed by atoms with E-state index >= 15 is 0 Å². The highest BCUT2D eigenvalue weighted by molar-refractivity contribution is 7.92. The van der Waals surface area contributed by atoms with Crippen LogP contribution in [0.4, 0.5) is 15.8 Å². The Morgan fingerprint density at radius 1 is 1.20 bits per heavy atom. The standard InChI is InChI=1S/C13H10FN3O2S/c14-11-6-5-10(16)7-12(11)17-20(18,19)13-4-2-1-3-9(13)8-15/h1-7,17H,16H2. The number of nitrogen functional groups attached to an aromatic ring is 1. The molecule has 5 nitrogen and oxygen atoms in total. The molecule has 0 saturated carbocycles. The third-order valence-electron chi connectivity index (χ3n) is 2.53. The fourth-order valence-corrected chi connectivity index (χ4v) is 2.83. The summed E-state index contributed by atoms with van der Waals surface area (Å²) in [5, 5.41) is 8.91. The molecule has 2 aromatic carbocycles. The molecule has 0 aliphatic rings. The topological polar surface area (TPSA) is 96.0 Å². The second kappa shape index (κ2) is 5.19. The molecule has 0 aliphatic carbocycles. The zero-order chi connectivity index (χ0) is 14.8. The van der Waals surface area contributed by atoms with Crippen LogP contribution >= 0.6 is 0 Å². The third kappa shape index (κ3) is 2.70. The van der Waals surface area contributed by atoms with Crippen molar-refractivity contribution in [3.05, 3.63) is 53.8 Å². The first-order chi connectivity index (χ1) is 9.44. The van der Waals surface area contributed by atoms with Crippen molar-refractivity contribution in [2.24, 2.45) is 0 Å². The van der Waals surface area contributed by atoms with E-state index in [2.05, 4.69) is 4.72 Å². The summed E-state index contributed by atoms with van der Waals surface area (Å²) in [6, 6.07) is 11.0. The molecule has 0 bridgehead atoms. The molecule has 0 heterocycles. The van der Waals surface area contributed by atoms with E-state index in [4.69, 9.17) is 11.0 Å². The van der Waals surface area contributed by atoms with Crippen molar-refractivity contribution in [2.45, 2.75) is 4.90 Å². The van der Waals surface area contributed by atoms with Gasteiger partial charge in [-0.3, -0.25) is 4.72 Å². The van der Waals surface area contributed by atoms with E-state index in [9.17, 15) is 12.8 Å². The van der Waals surface area contributed by atoms with Gasteiger partial charge in [0.2, 0.25) is 0 Å². The van der Waals surface area contributed by atoms with Crippen LogP contribution in [0.15, 0.2) is 47.4 Å². The lowest BCUT2D eigenvalue weighted by Gasteiger charge is -2.10. The summed E-state index contributed by atoms with van der Waals surface area (Å²) in [6.07, 6.45) is 0. The van der Waals surface area contributed by atoms with Crippen LogP contribution in [0, 0.1) is 17.1 Å². The molecular weight excluding hydrogens is 281 g/mol. The van der Waals surface area contributed by atoms with Crippen molar-refractivity contribution in [2.75, 3.05) is 10.5 Å². The quantitative estimate of drug-likeness (QED) is 0.846. The van der Waals surface area contributed by atoms with E-state index in [1.165, 1.54) is 30.3 Å². The molecule has 0 aliphatic heterocycles. The van der Waals surface area contributed by atoms with Gasteiger partial charge in [0.05, 0.1) is 11.3 Å². The van der Waals surface area contributed by atoms with E-state index in [-0.39, 0.29) is 21.8 Å². The number of nitriles is 1. The number of anilines is 2. The fraction of sp³-hybridized carbons (Fsp3) is 0. The molecule has 2 aromatic rings. The number of hydrogen-bond acceptors (Lipinski definition) is 4. The lowest BCUT2D eigenvalue weighted by atomic mass is 10.2. The average Bonchev–Trinajstić information content (AvgIpc) is 2.42. The third-order valence-corrected chi connectivity index (χ3v) is 3.96. The molecule has 0 fully saturated rings. The molecule has 2 rings (SSSR count). The molecule has 7 heteroatoms. The molecule has 0 aromatic heterocycles. The largest absolute Gasteiger partial charge is 0.399 e. The van der Waals surface area contributed by atoms with E-state index in [0.717, 1.165) is 6.07 Å². The van der Waals surface area contributed by atoms with Crippen molar-refractivity contribution >= 4 is 21.4 Å². The monoisotopic (exact) mass is 291 g/mol. The first kappa shape index (κ1) is 13.8. The molecule has 20 heavy (non-hydrogen) atoms. The van der Waals surface area contributed by atoms with Gasteiger partial charge in [-0.1, -0.05) is 12.1 Å². The normalized spacial score (nSPS) is 10.8. The Morgan fingerprint density at radius 2 is 1.90 bits per heavy atom. The molecule has 0 atom stereocenters. The van der Waals surface area contributed by atoms with Gasteiger partial charge in [-0.05, 0) is 30.3 Å². The van der Waals surface area contributed by atoms with Gasteiger partial charge in [-0.2, -0.15) is 5.26 Å². The molecule has 0 spiro atoms. The van der Waals surface area contributed by atoms with Crippen LogP contribution in [0.5, 0.6) is 0 Å². The van der Waals surface area contributed by atoms with E-state index in [1.807, 2.05) is 0 Å². The van der Waals surface area contributed by atoms with Crippen LogP contribution in [0.2, 0.25) is 0 Å². The molecule has 0 radical (unpaired) electrons. The minimum Gasteiger partial charge on any atom is -0.399 e. The zero-order valence-electron chi connectivity index (χ0n) is 10.2. The zero-order valence-corrected chi connectivity index (χ0v) is 11.0.